The Labute approximate surface area is 106 Å². The van der Waals surface area contributed by atoms with Gasteiger partial charge >= 0.3 is 0 Å². The van der Waals surface area contributed by atoms with Gasteiger partial charge < -0.3 is 12.4 Å². The molecule has 1 heterocycles. The molecule has 92 valence electrons. The summed E-state index contributed by atoms with van der Waals surface area (Å²) in [5, 5.41) is 0. The second-order valence-electron chi connectivity index (χ2n) is 4.39. The molecule has 1 aromatic rings. The van der Waals surface area contributed by atoms with E-state index in [4.69, 9.17) is 0 Å². The lowest BCUT2D eigenvalue weighted by Gasteiger charge is -1.99. The Hall–Kier alpha value is -0.560. The summed E-state index contributed by atoms with van der Waals surface area (Å²) < 4.78 is 2.30. The molecule has 16 heavy (non-hydrogen) atoms. The van der Waals surface area contributed by atoms with Crippen molar-refractivity contribution in [3.05, 3.63) is 30.1 Å². The fourth-order valence-electron chi connectivity index (χ4n) is 1.87. The molecule has 1 nitrogen and oxygen atoms in total. The maximum atomic E-state index is 2.30. The Morgan fingerprint density at radius 2 is 1.75 bits per heavy atom. The van der Waals surface area contributed by atoms with E-state index in [0.29, 0.717) is 0 Å². The van der Waals surface area contributed by atoms with Crippen LogP contribution in [0.4, 0.5) is 0 Å². The minimum atomic E-state index is 0. The first-order valence-corrected chi connectivity index (χ1v) is 6.28. The van der Waals surface area contributed by atoms with E-state index in [1.54, 1.807) is 0 Å². The van der Waals surface area contributed by atoms with E-state index in [0.717, 1.165) is 0 Å². The number of pyridine rings is 1. The standard InChI is InChI=1S/C14H24N.ClH/c1-3-4-5-6-7-8-11-15-12-9-10-14(2)13-15;/h9-10,12-13H,3-8,11H2,1-2H3;1H/q+1;/p-1. The zero-order valence-electron chi connectivity index (χ0n) is 10.6. The molecule has 0 N–H and O–H groups in total. The molecule has 0 spiro atoms. The van der Waals surface area contributed by atoms with Gasteiger partial charge in [-0.3, -0.25) is 0 Å². The fraction of sp³-hybridized carbons (Fsp3) is 0.643. The van der Waals surface area contributed by atoms with Crippen LogP contribution in [0.5, 0.6) is 0 Å². The van der Waals surface area contributed by atoms with E-state index in [-0.39, 0.29) is 12.4 Å². The van der Waals surface area contributed by atoms with Gasteiger partial charge in [0.05, 0.1) is 0 Å². The summed E-state index contributed by atoms with van der Waals surface area (Å²) in [5.41, 5.74) is 1.35. The molecule has 0 radical (unpaired) electrons. The fourth-order valence-corrected chi connectivity index (χ4v) is 1.87. The molecule has 0 aromatic carbocycles. The third kappa shape index (κ3) is 6.84. The zero-order chi connectivity index (χ0) is 10.9. The van der Waals surface area contributed by atoms with Crippen molar-refractivity contribution in [1.82, 2.24) is 0 Å². The van der Waals surface area contributed by atoms with Crippen molar-refractivity contribution in [2.24, 2.45) is 0 Å². The topological polar surface area (TPSA) is 3.88 Å². The maximum absolute atomic E-state index is 2.30. The van der Waals surface area contributed by atoms with Gasteiger partial charge in [0.15, 0.2) is 12.4 Å². The minimum Gasteiger partial charge on any atom is -1.00 e. The predicted octanol–water partition coefficient (Wildman–Crippen LogP) is 0.647. The highest BCUT2D eigenvalue weighted by molar-refractivity contribution is 5.01. The van der Waals surface area contributed by atoms with E-state index < -0.39 is 0 Å². The van der Waals surface area contributed by atoms with Crippen molar-refractivity contribution in [2.45, 2.75) is 58.9 Å². The van der Waals surface area contributed by atoms with Crippen LogP contribution < -0.4 is 17.0 Å². The lowest BCUT2D eigenvalue weighted by atomic mass is 10.1. The molecule has 0 saturated carbocycles. The number of aromatic nitrogens is 1. The molecular formula is C14H24ClN. The first-order chi connectivity index (χ1) is 7.33. The van der Waals surface area contributed by atoms with Gasteiger partial charge in [0.1, 0.15) is 6.54 Å². The van der Waals surface area contributed by atoms with Crippen LogP contribution in [0, 0.1) is 6.92 Å². The number of unbranched alkanes of at least 4 members (excludes halogenated alkanes) is 5. The number of nitrogens with zero attached hydrogens (tertiary/aromatic N) is 1. The Morgan fingerprint density at radius 3 is 2.44 bits per heavy atom. The number of hydrogen-bond donors (Lipinski definition) is 0. The third-order valence-corrected chi connectivity index (χ3v) is 2.78. The van der Waals surface area contributed by atoms with Crippen LogP contribution >= 0.6 is 0 Å². The highest BCUT2D eigenvalue weighted by Crippen LogP contribution is 2.04. The summed E-state index contributed by atoms with van der Waals surface area (Å²) in [4.78, 5) is 0. The van der Waals surface area contributed by atoms with Crippen molar-refractivity contribution in [2.75, 3.05) is 0 Å². The van der Waals surface area contributed by atoms with Crippen LogP contribution in [0.1, 0.15) is 51.0 Å². The molecule has 0 amide bonds. The average molecular weight is 242 g/mol. The second-order valence-corrected chi connectivity index (χ2v) is 4.39. The molecule has 1 aromatic heterocycles. The van der Waals surface area contributed by atoms with Gasteiger partial charge in [0.2, 0.25) is 0 Å². The molecule has 0 unspecified atom stereocenters. The quantitative estimate of drug-likeness (QED) is 0.488. The zero-order valence-corrected chi connectivity index (χ0v) is 11.3. The largest absolute Gasteiger partial charge is 1.00 e. The Balaban J connectivity index is 0.00000225. The Bertz CT molecular complexity index is 273. The number of halogens is 1. The van der Waals surface area contributed by atoms with Gasteiger partial charge in [-0.2, -0.15) is 0 Å². The van der Waals surface area contributed by atoms with E-state index in [9.17, 15) is 0 Å². The number of hydrogen-bond acceptors (Lipinski definition) is 0. The minimum absolute atomic E-state index is 0. The van der Waals surface area contributed by atoms with Crippen LogP contribution in [-0.2, 0) is 6.54 Å². The Morgan fingerprint density at radius 1 is 1.06 bits per heavy atom. The summed E-state index contributed by atoms with van der Waals surface area (Å²) in [6.07, 6.45) is 12.6. The molecule has 0 aliphatic heterocycles. The van der Waals surface area contributed by atoms with E-state index >= 15 is 0 Å². The van der Waals surface area contributed by atoms with Crippen molar-refractivity contribution < 1.29 is 17.0 Å². The van der Waals surface area contributed by atoms with Crippen molar-refractivity contribution >= 4 is 0 Å². The predicted molar refractivity (Wildman–Crippen MR) is 64.8 cm³/mol. The van der Waals surface area contributed by atoms with E-state index in [2.05, 4.69) is 42.9 Å². The highest BCUT2D eigenvalue weighted by atomic mass is 35.5. The number of rotatable bonds is 7. The maximum Gasteiger partial charge on any atom is 0.171 e. The summed E-state index contributed by atoms with van der Waals surface area (Å²) in [5.74, 6) is 0. The van der Waals surface area contributed by atoms with E-state index in [1.165, 1.54) is 50.6 Å². The van der Waals surface area contributed by atoms with Gasteiger partial charge in [-0.25, -0.2) is 4.57 Å². The van der Waals surface area contributed by atoms with Gasteiger partial charge in [-0.1, -0.05) is 32.6 Å². The first-order valence-electron chi connectivity index (χ1n) is 6.28. The molecular weight excluding hydrogens is 218 g/mol. The SMILES string of the molecule is CCCCCCCC[n+]1cccc(C)c1.[Cl-]. The van der Waals surface area contributed by atoms with Crippen molar-refractivity contribution in [3.63, 3.8) is 0 Å². The molecule has 0 fully saturated rings. The highest BCUT2D eigenvalue weighted by Gasteiger charge is 1.99. The van der Waals surface area contributed by atoms with Crippen LogP contribution in [0.3, 0.4) is 0 Å². The third-order valence-electron chi connectivity index (χ3n) is 2.78. The lowest BCUT2D eigenvalue weighted by Crippen LogP contribution is -3.00. The second kappa shape index (κ2) is 9.65. The van der Waals surface area contributed by atoms with Crippen molar-refractivity contribution in [3.8, 4) is 0 Å². The molecule has 2 heteroatoms. The molecule has 0 saturated heterocycles. The summed E-state index contributed by atoms with van der Waals surface area (Å²) in [7, 11) is 0. The molecule has 0 bridgehead atoms. The van der Waals surface area contributed by atoms with Gasteiger partial charge in [0, 0.05) is 18.1 Å². The monoisotopic (exact) mass is 241 g/mol. The Kier molecular flexibility index (Phi) is 9.31. The summed E-state index contributed by atoms with van der Waals surface area (Å²) in [6.45, 7) is 5.59. The normalized spacial score (nSPS) is 9.88. The van der Waals surface area contributed by atoms with Crippen molar-refractivity contribution in [1.29, 1.82) is 0 Å². The summed E-state index contributed by atoms with van der Waals surface area (Å²) >= 11 is 0. The van der Waals surface area contributed by atoms with Crippen LogP contribution in [0.25, 0.3) is 0 Å². The molecule has 0 atom stereocenters. The van der Waals surface area contributed by atoms with Gasteiger partial charge in [0.25, 0.3) is 0 Å². The smallest absolute Gasteiger partial charge is 0.171 e. The molecule has 0 aliphatic rings. The number of aryl methyl sites for hydroxylation is 2. The van der Waals surface area contributed by atoms with Crippen LogP contribution in [0.2, 0.25) is 0 Å². The molecule has 1 rings (SSSR count). The van der Waals surface area contributed by atoms with E-state index in [1.807, 2.05) is 0 Å². The van der Waals surface area contributed by atoms with Crippen LogP contribution in [-0.4, -0.2) is 0 Å². The lowest BCUT2D eigenvalue weighted by molar-refractivity contribution is -0.697. The molecule has 0 aliphatic carbocycles. The average Bonchev–Trinajstić information content (AvgIpc) is 2.23. The van der Waals surface area contributed by atoms with Crippen LogP contribution in [0.15, 0.2) is 24.5 Å². The summed E-state index contributed by atoms with van der Waals surface area (Å²) in [6, 6.07) is 4.28. The first kappa shape index (κ1) is 15.4. The van der Waals surface area contributed by atoms with Gasteiger partial charge in [-0.05, 0) is 19.4 Å². The van der Waals surface area contributed by atoms with Gasteiger partial charge in [-0.15, -0.1) is 0 Å².